The van der Waals surface area contributed by atoms with E-state index in [-0.39, 0.29) is 17.5 Å². The van der Waals surface area contributed by atoms with E-state index in [0.29, 0.717) is 5.82 Å². The van der Waals surface area contributed by atoms with Gasteiger partial charge in [-0.25, -0.2) is 5.10 Å². The zero-order valence-electron chi connectivity index (χ0n) is 8.00. The van der Waals surface area contributed by atoms with Gasteiger partial charge in [-0.3, -0.25) is 9.59 Å². The molecule has 1 atom stereocenters. The van der Waals surface area contributed by atoms with Crippen LogP contribution in [0, 0.1) is 0 Å². The quantitative estimate of drug-likeness (QED) is 0.597. The number of anilines is 1. The molecule has 0 fully saturated rings. The first-order valence-corrected chi connectivity index (χ1v) is 4.17. The van der Waals surface area contributed by atoms with E-state index in [9.17, 15) is 9.59 Å². The van der Waals surface area contributed by atoms with Crippen molar-refractivity contribution < 1.29 is 4.79 Å². The fourth-order valence-electron chi connectivity index (χ4n) is 0.780. The fraction of sp³-hybridized carbons (Fsp3) is 0.375. The van der Waals surface area contributed by atoms with Crippen LogP contribution in [0.2, 0.25) is 0 Å². The van der Waals surface area contributed by atoms with Crippen LogP contribution < -0.4 is 16.2 Å². The fourth-order valence-corrected chi connectivity index (χ4v) is 0.780. The molecule has 6 heteroatoms. The van der Waals surface area contributed by atoms with E-state index >= 15 is 0 Å². The van der Waals surface area contributed by atoms with Crippen LogP contribution in [-0.4, -0.2) is 29.2 Å². The van der Waals surface area contributed by atoms with Crippen molar-refractivity contribution in [3.8, 4) is 0 Å². The molecule has 1 unspecified atom stereocenters. The van der Waals surface area contributed by atoms with Gasteiger partial charge in [0.25, 0.3) is 5.56 Å². The highest BCUT2D eigenvalue weighted by atomic mass is 16.2. The molecule has 1 rings (SSSR count). The molecule has 0 saturated carbocycles. The largest absolute Gasteiger partial charge is 0.309 e. The third-order valence-corrected chi connectivity index (χ3v) is 1.76. The van der Waals surface area contributed by atoms with Crippen LogP contribution in [-0.2, 0) is 4.79 Å². The summed E-state index contributed by atoms with van der Waals surface area (Å²) in [5.74, 6) is 0.128. The molecule has 0 aliphatic rings. The molecular formula is C8H12N4O2. The molecule has 0 radical (unpaired) electrons. The molecule has 0 spiro atoms. The van der Waals surface area contributed by atoms with E-state index in [1.54, 1.807) is 14.0 Å². The second-order valence-corrected chi connectivity index (χ2v) is 2.81. The topological polar surface area (TPSA) is 86.9 Å². The standard InChI is InChI=1S/C8H12N4O2/c1-5(9-2)8(14)10-6-3-4-7(13)12-11-6/h3-5,9H,1-2H3,(H,12,13)(H,10,11,14). The Hall–Kier alpha value is -1.69. The van der Waals surface area contributed by atoms with Crippen molar-refractivity contribution in [2.75, 3.05) is 12.4 Å². The molecule has 3 N–H and O–H groups in total. The lowest BCUT2D eigenvalue weighted by Crippen LogP contribution is -2.35. The summed E-state index contributed by atoms with van der Waals surface area (Å²) < 4.78 is 0. The van der Waals surface area contributed by atoms with E-state index in [1.807, 2.05) is 0 Å². The van der Waals surface area contributed by atoms with E-state index in [4.69, 9.17) is 0 Å². The van der Waals surface area contributed by atoms with Gasteiger partial charge in [0.1, 0.15) is 0 Å². The second-order valence-electron chi connectivity index (χ2n) is 2.81. The lowest BCUT2D eigenvalue weighted by molar-refractivity contribution is -0.117. The van der Waals surface area contributed by atoms with Gasteiger partial charge in [0.05, 0.1) is 6.04 Å². The van der Waals surface area contributed by atoms with E-state index in [1.165, 1.54) is 12.1 Å². The van der Waals surface area contributed by atoms with Crippen LogP contribution in [0.4, 0.5) is 5.82 Å². The third kappa shape index (κ3) is 2.67. The molecule has 1 aromatic rings. The summed E-state index contributed by atoms with van der Waals surface area (Å²) in [6, 6.07) is 2.44. The number of nitrogens with zero attached hydrogens (tertiary/aromatic N) is 1. The Labute approximate surface area is 80.7 Å². The lowest BCUT2D eigenvalue weighted by Gasteiger charge is -2.09. The Balaban J connectivity index is 2.65. The normalized spacial score (nSPS) is 12.1. The molecule has 14 heavy (non-hydrogen) atoms. The maximum atomic E-state index is 11.3. The molecule has 0 saturated heterocycles. The lowest BCUT2D eigenvalue weighted by atomic mass is 10.3. The SMILES string of the molecule is CNC(C)C(=O)Nc1ccc(=O)[nH]n1. The number of hydrogen-bond acceptors (Lipinski definition) is 4. The molecule has 0 bridgehead atoms. The Morgan fingerprint density at radius 1 is 1.57 bits per heavy atom. The van der Waals surface area contributed by atoms with Crippen LogP contribution in [0.1, 0.15) is 6.92 Å². The number of carbonyl (C=O) groups is 1. The second kappa shape index (κ2) is 4.52. The summed E-state index contributed by atoms with van der Waals surface area (Å²) >= 11 is 0. The van der Waals surface area contributed by atoms with Crippen LogP contribution in [0.5, 0.6) is 0 Å². The Morgan fingerprint density at radius 2 is 2.29 bits per heavy atom. The predicted molar refractivity (Wildman–Crippen MR) is 52.0 cm³/mol. The number of nitrogens with one attached hydrogen (secondary N) is 3. The van der Waals surface area contributed by atoms with Gasteiger partial charge in [0.15, 0.2) is 5.82 Å². The van der Waals surface area contributed by atoms with Gasteiger partial charge in [-0.05, 0) is 20.0 Å². The van der Waals surface area contributed by atoms with Gasteiger partial charge < -0.3 is 10.6 Å². The highest BCUT2D eigenvalue weighted by Gasteiger charge is 2.10. The number of aromatic amines is 1. The number of H-pyrrole nitrogens is 1. The molecule has 1 aromatic heterocycles. The van der Waals surface area contributed by atoms with Gasteiger partial charge in [-0.1, -0.05) is 0 Å². The van der Waals surface area contributed by atoms with Gasteiger partial charge in [-0.2, -0.15) is 5.10 Å². The van der Waals surface area contributed by atoms with Crippen molar-refractivity contribution in [1.82, 2.24) is 15.5 Å². The summed E-state index contributed by atoms with van der Waals surface area (Å²) in [7, 11) is 1.69. The molecule has 0 aliphatic heterocycles. The number of aromatic nitrogens is 2. The summed E-state index contributed by atoms with van der Waals surface area (Å²) in [5, 5.41) is 11.2. The zero-order chi connectivity index (χ0) is 10.6. The van der Waals surface area contributed by atoms with Crippen LogP contribution >= 0.6 is 0 Å². The molecular weight excluding hydrogens is 184 g/mol. The first-order valence-electron chi connectivity index (χ1n) is 4.17. The van der Waals surface area contributed by atoms with Crippen LogP contribution in [0.15, 0.2) is 16.9 Å². The number of rotatable bonds is 3. The Kier molecular flexibility index (Phi) is 3.35. The minimum atomic E-state index is -0.302. The number of hydrogen-bond donors (Lipinski definition) is 3. The molecule has 1 amide bonds. The summed E-state index contributed by atoms with van der Waals surface area (Å²) in [6.45, 7) is 1.72. The van der Waals surface area contributed by atoms with E-state index in [2.05, 4.69) is 20.8 Å². The predicted octanol–water partition coefficient (Wildman–Crippen LogP) is -0.684. The minimum absolute atomic E-state index is 0.202. The molecule has 0 aromatic carbocycles. The minimum Gasteiger partial charge on any atom is -0.309 e. The summed E-state index contributed by atoms with van der Waals surface area (Å²) in [6.07, 6.45) is 0. The van der Waals surface area contributed by atoms with Crippen molar-refractivity contribution >= 4 is 11.7 Å². The van der Waals surface area contributed by atoms with Crippen molar-refractivity contribution in [1.29, 1.82) is 0 Å². The first-order chi connectivity index (χ1) is 6.63. The Bertz CT molecular complexity index is 353. The maximum Gasteiger partial charge on any atom is 0.264 e. The average molecular weight is 196 g/mol. The van der Waals surface area contributed by atoms with Gasteiger partial charge in [0.2, 0.25) is 5.91 Å². The summed E-state index contributed by atoms with van der Waals surface area (Å²) in [5.41, 5.74) is -0.301. The van der Waals surface area contributed by atoms with Crippen LogP contribution in [0.3, 0.4) is 0 Å². The van der Waals surface area contributed by atoms with Crippen LogP contribution in [0.25, 0.3) is 0 Å². The van der Waals surface area contributed by atoms with Gasteiger partial charge >= 0.3 is 0 Å². The van der Waals surface area contributed by atoms with E-state index < -0.39 is 0 Å². The van der Waals surface area contributed by atoms with Gasteiger partial charge in [-0.15, -0.1) is 0 Å². The van der Waals surface area contributed by atoms with Crippen molar-refractivity contribution in [2.24, 2.45) is 0 Å². The monoisotopic (exact) mass is 196 g/mol. The third-order valence-electron chi connectivity index (χ3n) is 1.76. The van der Waals surface area contributed by atoms with Crippen molar-refractivity contribution in [2.45, 2.75) is 13.0 Å². The number of likely N-dealkylation sites (N-methyl/N-ethyl adjacent to an activating group) is 1. The molecule has 1 heterocycles. The summed E-state index contributed by atoms with van der Waals surface area (Å²) in [4.78, 5) is 22.0. The molecule has 0 aliphatic carbocycles. The maximum absolute atomic E-state index is 11.3. The average Bonchev–Trinajstić information content (AvgIpc) is 2.20. The van der Waals surface area contributed by atoms with Crippen molar-refractivity contribution in [3.63, 3.8) is 0 Å². The smallest absolute Gasteiger partial charge is 0.264 e. The first kappa shape index (κ1) is 10.4. The van der Waals surface area contributed by atoms with Crippen molar-refractivity contribution in [3.05, 3.63) is 22.5 Å². The van der Waals surface area contributed by atoms with Gasteiger partial charge in [0, 0.05) is 6.07 Å². The Morgan fingerprint density at radius 3 is 2.79 bits per heavy atom. The highest BCUT2D eigenvalue weighted by Crippen LogP contribution is 1.96. The number of amides is 1. The molecule has 6 nitrogen and oxygen atoms in total. The molecule has 76 valence electrons. The highest BCUT2D eigenvalue weighted by molar-refractivity contribution is 5.93. The van der Waals surface area contributed by atoms with E-state index in [0.717, 1.165) is 0 Å². The zero-order valence-corrected chi connectivity index (χ0v) is 8.00. The number of carbonyl (C=O) groups excluding carboxylic acids is 1.